The van der Waals surface area contributed by atoms with Crippen molar-refractivity contribution in [2.75, 3.05) is 23.3 Å². The molecule has 5 heteroatoms. The Balaban J connectivity index is 0.00000133. The van der Waals surface area contributed by atoms with E-state index in [9.17, 15) is 4.79 Å². The predicted molar refractivity (Wildman–Crippen MR) is 80.2 cm³/mol. The molecule has 0 spiro atoms. The first-order chi connectivity index (χ1) is 8.75. The van der Waals surface area contributed by atoms with Crippen LogP contribution in [0.2, 0.25) is 0 Å². The number of rotatable bonds is 3. The number of carbonyl (C=O) groups excluding carboxylic acids is 1. The number of nitrogens with zero attached hydrogens (tertiary/aromatic N) is 1. The van der Waals surface area contributed by atoms with Crippen molar-refractivity contribution < 1.29 is 4.79 Å². The summed E-state index contributed by atoms with van der Waals surface area (Å²) >= 11 is 0. The highest BCUT2D eigenvalue weighted by Gasteiger charge is 2.30. The van der Waals surface area contributed by atoms with Gasteiger partial charge < -0.3 is 15.5 Å². The topological polar surface area (TPSA) is 44.4 Å². The number of benzene rings is 1. The van der Waals surface area contributed by atoms with Crippen LogP contribution in [0.1, 0.15) is 19.8 Å². The Bertz CT molecular complexity index is 462. The first-order valence-electron chi connectivity index (χ1n) is 6.65. The smallest absolute Gasteiger partial charge is 0.242 e. The lowest BCUT2D eigenvalue weighted by Crippen LogP contribution is -2.49. The molecule has 104 valence electrons. The second kappa shape index (κ2) is 5.70. The molecule has 19 heavy (non-hydrogen) atoms. The molecule has 2 aliphatic rings. The first kappa shape index (κ1) is 14.0. The number of carbonyl (C=O) groups is 1. The minimum absolute atomic E-state index is 0. The summed E-state index contributed by atoms with van der Waals surface area (Å²) in [7, 11) is 0. The van der Waals surface area contributed by atoms with E-state index in [1.807, 2.05) is 19.1 Å². The summed E-state index contributed by atoms with van der Waals surface area (Å²) in [5.41, 5.74) is 2.25. The molecule has 1 unspecified atom stereocenters. The molecule has 1 aliphatic heterocycles. The maximum Gasteiger partial charge on any atom is 0.242 e. The van der Waals surface area contributed by atoms with E-state index in [1.165, 1.54) is 0 Å². The molecular weight excluding hydrogens is 262 g/mol. The van der Waals surface area contributed by atoms with E-state index >= 15 is 0 Å². The fourth-order valence-electron chi connectivity index (χ4n) is 2.40. The van der Waals surface area contributed by atoms with Crippen LogP contribution in [0.5, 0.6) is 0 Å². The summed E-state index contributed by atoms with van der Waals surface area (Å²) in [6.07, 6.45) is 2.27. The van der Waals surface area contributed by atoms with Crippen LogP contribution in [0.3, 0.4) is 0 Å². The lowest BCUT2D eigenvalue weighted by atomic mass is 10.1. The summed E-state index contributed by atoms with van der Waals surface area (Å²) in [6.45, 7) is 3.74. The summed E-state index contributed by atoms with van der Waals surface area (Å²) in [6, 6.07) is 8.50. The fourth-order valence-corrected chi connectivity index (χ4v) is 2.40. The van der Waals surface area contributed by atoms with Gasteiger partial charge in [-0.3, -0.25) is 4.79 Å². The van der Waals surface area contributed by atoms with Gasteiger partial charge >= 0.3 is 0 Å². The summed E-state index contributed by atoms with van der Waals surface area (Å²) in [4.78, 5) is 14.3. The molecule has 2 N–H and O–H groups in total. The van der Waals surface area contributed by atoms with Crippen LogP contribution >= 0.6 is 12.4 Å². The van der Waals surface area contributed by atoms with E-state index in [1.54, 1.807) is 0 Å². The van der Waals surface area contributed by atoms with Crippen LogP contribution in [-0.4, -0.2) is 31.1 Å². The Morgan fingerprint density at radius 2 is 2.16 bits per heavy atom. The van der Waals surface area contributed by atoms with Crippen LogP contribution in [0.25, 0.3) is 0 Å². The maximum absolute atomic E-state index is 12.1. The second-order valence-electron chi connectivity index (χ2n) is 5.10. The maximum atomic E-state index is 12.1. The van der Waals surface area contributed by atoms with Gasteiger partial charge in [-0.2, -0.15) is 0 Å². The number of amides is 1. The normalized spacial score (nSPS) is 18.7. The Morgan fingerprint density at radius 3 is 2.89 bits per heavy atom. The SMILES string of the molecule is CC(C(=O)NC1CC1)N1CCNc2ccccc21.Cl. The van der Waals surface area contributed by atoms with Gasteiger partial charge in [0.2, 0.25) is 5.91 Å². The van der Waals surface area contributed by atoms with Crippen molar-refractivity contribution in [3.63, 3.8) is 0 Å². The zero-order valence-electron chi connectivity index (χ0n) is 11.1. The minimum atomic E-state index is -0.103. The molecule has 1 fully saturated rings. The molecule has 0 radical (unpaired) electrons. The van der Waals surface area contributed by atoms with Crippen molar-refractivity contribution >= 4 is 29.7 Å². The molecule has 1 amide bonds. The third-order valence-corrected chi connectivity index (χ3v) is 3.65. The van der Waals surface area contributed by atoms with Crippen LogP contribution < -0.4 is 15.5 Å². The van der Waals surface area contributed by atoms with Gasteiger partial charge in [0, 0.05) is 19.1 Å². The molecule has 1 aromatic rings. The van der Waals surface area contributed by atoms with Crippen molar-refractivity contribution in [1.29, 1.82) is 0 Å². The molecule has 1 aliphatic carbocycles. The molecule has 0 aromatic heterocycles. The molecule has 1 heterocycles. The number of para-hydroxylation sites is 2. The Morgan fingerprint density at radius 1 is 1.42 bits per heavy atom. The van der Waals surface area contributed by atoms with Gasteiger partial charge in [-0.25, -0.2) is 0 Å². The first-order valence-corrected chi connectivity index (χ1v) is 6.65. The van der Waals surface area contributed by atoms with Gasteiger partial charge in [-0.15, -0.1) is 12.4 Å². The molecule has 0 bridgehead atoms. The van der Waals surface area contributed by atoms with Crippen molar-refractivity contribution in [1.82, 2.24) is 5.32 Å². The lowest BCUT2D eigenvalue weighted by Gasteiger charge is -2.35. The number of fused-ring (bicyclic) bond motifs is 1. The minimum Gasteiger partial charge on any atom is -0.382 e. The monoisotopic (exact) mass is 281 g/mol. The summed E-state index contributed by atoms with van der Waals surface area (Å²) < 4.78 is 0. The standard InChI is InChI=1S/C14H19N3O.ClH/c1-10(14(18)16-11-6-7-11)17-9-8-15-12-4-2-3-5-13(12)17;/h2-5,10-11,15H,6-9H2,1H3,(H,16,18);1H. The largest absolute Gasteiger partial charge is 0.382 e. The lowest BCUT2D eigenvalue weighted by molar-refractivity contribution is -0.122. The van der Waals surface area contributed by atoms with Crippen molar-refractivity contribution in [2.24, 2.45) is 0 Å². The Hall–Kier alpha value is -1.42. The second-order valence-corrected chi connectivity index (χ2v) is 5.10. The zero-order chi connectivity index (χ0) is 12.5. The molecular formula is C14H20ClN3O. The molecule has 1 aromatic carbocycles. The third-order valence-electron chi connectivity index (χ3n) is 3.65. The Labute approximate surface area is 120 Å². The summed E-state index contributed by atoms with van der Waals surface area (Å²) in [5, 5.41) is 6.45. The highest BCUT2D eigenvalue weighted by molar-refractivity contribution is 5.87. The number of anilines is 2. The molecule has 1 saturated carbocycles. The highest BCUT2D eigenvalue weighted by atomic mass is 35.5. The molecule has 1 atom stereocenters. The van der Waals surface area contributed by atoms with Gasteiger partial charge in [0.05, 0.1) is 11.4 Å². The van der Waals surface area contributed by atoms with E-state index in [2.05, 4.69) is 27.7 Å². The van der Waals surface area contributed by atoms with Crippen molar-refractivity contribution in [3.05, 3.63) is 24.3 Å². The van der Waals surface area contributed by atoms with Gasteiger partial charge in [0.25, 0.3) is 0 Å². The van der Waals surface area contributed by atoms with Crippen molar-refractivity contribution in [2.45, 2.75) is 31.8 Å². The molecule has 3 rings (SSSR count). The van der Waals surface area contributed by atoms with Crippen LogP contribution in [0, 0.1) is 0 Å². The molecule has 4 nitrogen and oxygen atoms in total. The van der Waals surface area contributed by atoms with E-state index < -0.39 is 0 Å². The highest BCUT2D eigenvalue weighted by Crippen LogP contribution is 2.30. The predicted octanol–water partition coefficient (Wildman–Crippen LogP) is 2.01. The van der Waals surface area contributed by atoms with Gasteiger partial charge in [0.15, 0.2) is 0 Å². The number of nitrogens with one attached hydrogen (secondary N) is 2. The average molecular weight is 282 g/mol. The number of hydrogen-bond acceptors (Lipinski definition) is 3. The van der Waals surface area contributed by atoms with E-state index in [-0.39, 0.29) is 24.4 Å². The quantitative estimate of drug-likeness (QED) is 0.891. The van der Waals surface area contributed by atoms with E-state index in [0.717, 1.165) is 37.3 Å². The van der Waals surface area contributed by atoms with Gasteiger partial charge in [-0.1, -0.05) is 12.1 Å². The third kappa shape index (κ3) is 2.95. The van der Waals surface area contributed by atoms with Gasteiger partial charge in [-0.05, 0) is 31.9 Å². The Kier molecular flexibility index (Phi) is 4.20. The van der Waals surface area contributed by atoms with E-state index in [4.69, 9.17) is 0 Å². The average Bonchev–Trinajstić information content (AvgIpc) is 3.21. The van der Waals surface area contributed by atoms with E-state index in [0.29, 0.717) is 6.04 Å². The number of halogens is 1. The fraction of sp³-hybridized carbons (Fsp3) is 0.500. The zero-order valence-corrected chi connectivity index (χ0v) is 11.9. The van der Waals surface area contributed by atoms with Crippen LogP contribution in [0.4, 0.5) is 11.4 Å². The van der Waals surface area contributed by atoms with Crippen LogP contribution in [0.15, 0.2) is 24.3 Å². The molecule has 0 saturated heterocycles. The number of hydrogen-bond donors (Lipinski definition) is 2. The van der Waals surface area contributed by atoms with Gasteiger partial charge in [0.1, 0.15) is 6.04 Å². The van der Waals surface area contributed by atoms with Crippen LogP contribution in [-0.2, 0) is 4.79 Å². The van der Waals surface area contributed by atoms with Crippen molar-refractivity contribution in [3.8, 4) is 0 Å². The summed E-state index contributed by atoms with van der Waals surface area (Å²) in [5.74, 6) is 0.147.